The van der Waals surface area contributed by atoms with Crippen LogP contribution in [0.3, 0.4) is 0 Å². The molecule has 1 atom stereocenters. The van der Waals surface area contributed by atoms with Crippen molar-refractivity contribution in [3.63, 3.8) is 0 Å². The highest BCUT2D eigenvalue weighted by atomic mass is 32.2. The molecule has 22 heavy (non-hydrogen) atoms. The minimum absolute atomic E-state index is 0.0771. The summed E-state index contributed by atoms with van der Waals surface area (Å²) in [4.78, 5) is 13.7. The Balaban J connectivity index is 1.90. The van der Waals surface area contributed by atoms with Gasteiger partial charge in [-0.2, -0.15) is 8.42 Å². The van der Waals surface area contributed by atoms with E-state index in [4.69, 9.17) is 8.92 Å². The van der Waals surface area contributed by atoms with E-state index in [1.165, 1.54) is 4.90 Å². The topological polar surface area (TPSA) is 84.9 Å². The fourth-order valence-corrected chi connectivity index (χ4v) is 2.56. The highest BCUT2D eigenvalue weighted by molar-refractivity contribution is 7.85. The van der Waals surface area contributed by atoms with Crippen molar-refractivity contribution < 1.29 is 22.1 Å². The Bertz CT molecular complexity index is 591. The van der Waals surface area contributed by atoms with E-state index in [1.54, 1.807) is 0 Å². The van der Waals surface area contributed by atoms with Crippen LogP contribution in [0.1, 0.15) is 5.56 Å². The van der Waals surface area contributed by atoms with Crippen molar-refractivity contribution in [3.8, 4) is 0 Å². The first-order chi connectivity index (χ1) is 10.5. The number of nitrogens with zero attached hydrogens (tertiary/aromatic N) is 1. The molecule has 0 radical (unpaired) electrons. The zero-order valence-electron chi connectivity index (χ0n) is 12.4. The lowest BCUT2D eigenvalue weighted by Crippen LogP contribution is -2.55. The number of piperazine rings is 1. The van der Waals surface area contributed by atoms with Crippen molar-refractivity contribution in [2.45, 2.75) is 12.6 Å². The Morgan fingerprint density at radius 1 is 1.36 bits per heavy atom. The minimum atomic E-state index is -3.53. The average molecular weight is 328 g/mol. The normalized spacial score (nSPS) is 19.0. The number of carbonyl (C=O) groups is 1. The van der Waals surface area contributed by atoms with E-state index in [1.807, 2.05) is 30.3 Å². The summed E-state index contributed by atoms with van der Waals surface area (Å²) in [5.41, 5.74) is 0.898. The van der Waals surface area contributed by atoms with Crippen molar-refractivity contribution in [1.29, 1.82) is 0 Å². The maximum Gasteiger partial charge on any atom is 0.410 e. The van der Waals surface area contributed by atoms with Gasteiger partial charge in [-0.1, -0.05) is 30.3 Å². The number of amides is 1. The van der Waals surface area contributed by atoms with Crippen molar-refractivity contribution in [2.24, 2.45) is 0 Å². The molecular weight excluding hydrogens is 308 g/mol. The molecular formula is C14H20N2O5S. The predicted octanol–water partition coefficient (Wildman–Crippen LogP) is 0.573. The Labute approximate surface area is 130 Å². The van der Waals surface area contributed by atoms with E-state index in [2.05, 4.69) is 5.32 Å². The van der Waals surface area contributed by atoms with Gasteiger partial charge in [0.25, 0.3) is 10.1 Å². The Kier molecular flexibility index (Phi) is 5.76. The maximum atomic E-state index is 12.2. The van der Waals surface area contributed by atoms with Gasteiger partial charge in [-0.3, -0.25) is 4.18 Å². The van der Waals surface area contributed by atoms with Crippen LogP contribution in [0.2, 0.25) is 0 Å². The molecule has 1 fully saturated rings. The minimum Gasteiger partial charge on any atom is -0.445 e. The zero-order valence-corrected chi connectivity index (χ0v) is 13.2. The van der Waals surface area contributed by atoms with Crippen LogP contribution in [0, 0.1) is 0 Å². The maximum absolute atomic E-state index is 12.2. The van der Waals surface area contributed by atoms with Crippen molar-refractivity contribution >= 4 is 16.2 Å². The van der Waals surface area contributed by atoms with E-state index in [9.17, 15) is 13.2 Å². The third-order valence-corrected chi connectivity index (χ3v) is 3.83. The summed E-state index contributed by atoms with van der Waals surface area (Å²) in [6.07, 6.45) is 0.522. The number of hydrogen-bond acceptors (Lipinski definition) is 6. The van der Waals surface area contributed by atoms with Gasteiger partial charge >= 0.3 is 6.09 Å². The van der Waals surface area contributed by atoms with Gasteiger partial charge < -0.3 is 15.0 Å². The molecule has 0 aliphatic carbocycles. The number of rotatable bonds is 5. The third kappa shape index (κ3) is 5.28. The van der Waals surface area contributed by atoms with Crippen LogP contribution >= 0.6 is 0 Å². The number of benzene rings is 1. The number of hydrogen-bond donors (Lipinski definition) is 1. The Morgan fingerprint density at radius 3 is 2.77 bits per heavy atom. The van der Waals surface area contributed by atoms with Crippen molar-refractivity contribution in [2.75, 3.05) is 32.5 Å². The zero-order chi connectivity index (χ0) is 16.0. The summed E-state index contributed by atoms with van der Waals surface area (Å²) in [7, 11) is -3.53. The molecule has 0 saturated carbocycles. The highest BCUT2D eigenvalue weighted by Crippen LogP contribution is 2.09. The molecule has 1 N–H and O–H groups in total. The van der Waals surface area contributed by atoms with Crippen LogP contribution in [0.15, 0.2) is 30.3 Å². The molecule has 7 nitrogen and oxygen atoms in total. The Morgan fingerprint density at radius 2 is 2.09 bits per heavy atom. The van der Waals surface area contributed by atoms with E-state index in [0.29, 0.717) is 19.6 Å². The van der Waals surface area contributed by atoms with E-state index >= 15 is 0 Å². The van der Waals surface area contributed by atoms with E-state index in [-0.39, 0.29) is 19.3 Å². The van der Waals surface area contributed by atoms with Gasteiger partial charge in [-0.05, 0) is 5.56 Å². The third-order valence-electron chi connectivity index (χ3n) is 3.26. The summed E-state index contributed by atoms with van der Waals surface area (Å²) in [6.45, 7) is 1.66. The standard InChI is InChI=1S/C14H20N2O5S/c1-22(18,19)21-11-13-9-15-7-8-16(13)14(17)20-10-12-5-3-2-4-6-12/h2-6,13,15H,7-11H2,1H3/t13-/m1/s1. The molecule has 1 aromatic rings. The summed E-state index contributed by atoms with van der Waals surface area (Å²) >= 11 is 0. The molecule has 1 amide bonds. The lowest BCUT2D eigenvalue weighted by atomic mass is 10.2. The predicted molar refractivity (Wildman–Crippen MR) is 80.8 cm³/mol. The number of carbonyl (C=O) groups excluding carboxylic acids is 1. The fourth-order valence-electron chi connectivity index (χ4n) is 2.15. The molecule has 1 aliphatic heterocycles. The molecule has 122 valence electrons. The lowest BCUT2D eigenvalue weighted by molar-refractivity contribution is 0.0596. The summed E-state index contributed by atoms with van der Waals surface area (Å²) in [5.74, 6) is 0. The van der Waals surface area contributed by atoms with Gasteiger partial charge in [0.2, 0.25) is 0 Å². The average Bonchev–Trinajstić information content (AvgIpc) is 2.51. The molecule has 0 unspecified atom stereocenters. The smallest absolute Gasteiger partial charge is 0.410 e. The first-order valence-electron chi connectivity index (χ1n) is 6.98. The van der Waals surface area contributed by atoms with Crippen LogP contribution in [0.25, 0.3) is 0 Å². The first-order valence-corrected chi connectivity index (χ1v) is 8.80. The molecule has 1 saturated heterocycles. The van der Waals surface area contributed by atoms with Crippen molar-refractivity contribution in [1.82, 2.24) is 10.2 Å². The molecule has 8 heteroatoms. The molecule has 1 aliphatic rings. The monoisotopic (exact) mass is 328 g/mol. The van der Waals surface area contributed by atoms with Crippen molar-refractivity contribution in [3.05, 3.63) is 35.9 Å². The quantitative estimate of drug-likeness (QED) is 0.796. The van der Waals surface area contributed by atoms with Gasteiger partial charge in [0.05, 0.1) is 18.9 Å². The largest absolute Gasteiger partial charge is 0.445 e. The van der Waals surface area contributed by atoms with Crippen LogP contribution in [-0.2, 0) is 25.6 Å². The van der Waals surface area contributed by atoms with E-state index in [0.717, 1.165) is 11.8 Å². The second-order valence-corrected chi connectivity index (χ2v) is 6.72. The van der Waals surface area contributed by atoms with Gasteiger partial charge in [-0.15, -0.1) is 0 Å². The summed E-state index contributed by atoms with van der Waals surface area (Å²) in [5, 5.41) is 3.11. The molecule has 0 spiro atoms. The second-order valence-electron chi connectivity index (χ2n) is 5.08. The second kappa shape index (κ2) is 7.57. The molecule has 0 bridgehead atoms. The Hall–Kier alpha value is -1.64. The fraction of sp³-hybridized carbons (Fsp3) is 0.500. The van der Waals surface area contributed by atoms with Crippen LogP contribution in [-0.4, -0.2) is 57.9 Å². The molecule has 1 heterocycles. The number of nitrogens with one attached hydrogen (secondary N) is 1. The number of ether oxygens (including phenoxy) is 1. The van der Waals surface area contributed by atoms with Crippen LogP contribution in [0.5, 0.6) is 0 Å². The van der Waals surface area contributed by atoms with Gasteiger partial charge in [-0.25, -0.2) is 4.79 Å². The SMILES string of the molecule is CS(=O)(=O)OC[C@H]1CNCCN1C(=O)OCc1ccccc1. The van der Waals surface area contributed by atoms with Gasteiger partial charge in [0.15, 0.2) is 0 Å². The van der Waals surface area contributed by atoms with E-state index < -0.39 is 16.2 Å². The molecule has 0 aromatic heterocycles. The first kappa shape index (κ1) is 16.7. The highest BCUT2D eigenvalue weighted by Gasteiger charge is 2.28. The van der Waals surface area contributed by atoms with Gasteiger partial charge in [0.1, 0.15) is 6.61 Å². The van der Waals surface area contributed by atoms with Gasteiger partial charge in [0, 0.05) is 19.6 Å². The molecule has 2 rings (SSSR count). The molecule has 1 aromatic carbocycles. The lowest BCUT2D eigenvalue weighted by Gasteiger charge is -2.34. The van der Waals surface area contributed by atoms with Crippen LogP contribution in [0.4, 0.5) is 4.79 Å². The van der Waals surface area contributed by atoms with Crippen LogP contribution < -0.4 is 5.32 Å². The summed E-state index contributed by atoms with van der Waals surface area (Å²) < 4.78 is 32.2. The summed E-state index contributed by atoms with van der Waals surface area (Å²) in [6, 6.07) is 9.00.